The van der Waals surface area contributed by atoms with Gasteiger partial charge in [-0.05, 0) is 26.8 Å². The average Bonchev–Trinajstić information content (AvgIpc) is 2.51. The van der Waals surface area contributed by atoms with Crippen LogP contribution in [0.25, 0.3) is 5.70 Å². The highest BCUT2D eigenvalue weighted by Gasteiger charge is 2.38. The molecule has 0 bridgehead atoms. The molecule has 2 rings (SSSR count). The van der Waals surface area contributed by atoms with Crippen molar-refractivity contribution in [2.45, 2.75) is 26.3 Å². The molecule has 0 spiro atoms. The summed E-state index contributed by atoms with van der Waals surface area (Å²) in [6.45, 7) is 6.16. The molecular weight excluding hydrogens is 313 g/mol. The van der Waals surface area contributed by atoms with Crippen molar-refractivity contribution in [1.82, 2.24) is 4.90 Å². The Balaban J connectivity index is 2.62. The summed E-state index contributed by atoms with van der Waals surface area (Å²) in [5.41, 5.74) is 2.67. The van der Waals surface area contributed by atoms with Gasteiger partial charge in [0.15, 0.2) is 0 Å². The first-order valence-corrected chi connectivity index (χ1v) is 6.45. The summed E-state index contributed by atoms with van der Waals surface area (Å²) in [7, 11) is 0. The van der Waals surface area contributed by atoms with E-state index < -0.39 is 0 Å². The van der Waals surface area contributed by atoms with E-state index in [0.717, 1.165) is 16.8 Å². The van der Waals surface area contributed by atoms with Crippen LogP contribution in [0, 0.1) is 0 Å². The summed E-state index contributed by atoms with van der Waals surface area (Å²) in [6, 6.07) is 7.78. The van der Waals surface area contributed by atoms with Crippen LogP contribution in [-0.4, -0.2) is 16.3 Å². The summed E-state index contributed by atoms with van der Waals surface area (Å²) in [5.74, 6) is 0.103. The SMILES string of the molecule is CC(C)(C)N1C(=O)c2ccccc2/C1=C\I. The lowest BCUT2D eigenvalue weighted by Crippen LogP contribution is -2.40. The molecule has 0 N–H and O–H groups in total. The number of hydrogen-bond acceptors (Lipinski definition) is 1. The van der Waals surface area contributed by atoms with Crippen LogP contribution in [-0.2, 0) is 0 Å². The van der Waals surface area contributed by atoms with Crippen molar-refractivity contribution < 1.29 is 4.79 Å². The van der Waals surface area contributed by atoms with Crippen LogP contribution >= 0.6 is 22.6 Å². The number of hydrogen-bond donors (Lipinski definition) is 0. The van der Waals surface area contributed by atoms with Gasteiger partial charge in [0.2, 0.25) is 0 Å². The number of nitrogens with zero attached hydrogens (tertiary/aromatic N) is 1. The second-order valence-corrected chi connectivity index (χ2v) is 5.47. The molecule has 16 heavy (non-hydrogen) atoms. The molecule has 1 aliphatic rings. The molecule has 2 nitrogen and oxygen atoms in total. The third-order valence-corrected chi connectivity index (χ3v) is 3.24. The minimum absolute atomic E-state index is 0.103. The lowest BCUT2D eigenvalue weighted by atomic mass is 10.1. The topological polar surface area (TPSA) is 20.3 Å². The van der Waals surface area contributed by atoms with Crippen molar-refractivity contribution in [2.75, 3.05) is 0 Å². The van der Waals surface area contributed by atoms with E-state index in [1.807, 2.05) is 33.2 Å². The summed E-state index contributed by atoms with van der Waals surface area (Å²) in [6.07, 6.45) is 0. The lowest BCUT2D eigenvalue weighted by Gasteiger charge is -2.32. The maximum atomic E-state index is 12.3. The van der Waals surface area contributed by atoms with Gasteiger partial charge in [-0.25, -0.2) is 0 Å². The zero-order valence-electron chi connectivity index (χ0n) is 9.62. The van der Waals surface area contributed by atoms with Crippen molar-refractivity contribution in [3.05, 3.63) is 39.5 Å². The van der Waals surface area contributed by atoms with E-state index in [0.29, 0.717) is 0 Å². The Morgan fingerprint density at radius 2 is 1.75 bits per heavy atom. The smallest absolute Gasteiger partial charge is 0.259 e. The highest BCUT2D eigenvalue weighted by molar-refractivity contribution is 14.1. The summed E-state index contributed by atoms with van der Waals surface area (Å²) in [4.78, 5) is 14.2. The number of rotatable bonds is 0. The van der Waals surface area contributed by atoms with Crippen LogP contribution in [0.4, 0.5) is 0 Å². The van der Waals surface area contributed by atoms with Crippen LogP contribution in [0.15, 0.2) is 28.3 Å². The Morgan fingerprint density at radius 3 is 2.25 bits per heavy atom. The second-order valence-electron chi connectivity index (χ2n) is 4.85. The van der Waals surface area contributed by atoms with Gasteiger partial charge in [0, 0.05) is 20.7 Å². The molecule has 0 radical (unpaired) electrons. The minimum atomic E-state index is -0.187. The van der Waals surface area contributed by atoms with Crippen molar-refractivity contribution in [2.24, 2.45) is 0 Å². The molecule has 0 aliphatic carbocycles. The predicted molar refractivity (Wildman–Crippen MR) is 74.4 cm³/mol. The zero-order valence-corrected chi connectivity index (χ0v) is 11.8. The van der Waals surface area contributed by atoms with E-state index >= 15 is 0 Å². The quantitative estimate of drug-likeness (QED) is 0.666. The molecule has 0 saturated heterocycles. The average molecular weight is 327 g/mol. The van der Waals surface area contributed by atoms with Crippen LogP contribution in [0.2, 0.25) is 0 Å². The zero-order chi connectivity index (χ0) is 11.9. The first-order valence-electron chi connectivity index (χ1n) is 5.21. The Hall–Kier alpha value is -0.840. The molecule has 0 atom stereocenters. The standard InChI is InChI=1S/C13H14INO/c1-13(2,3)15-11(8-14)9-6-4-5-7-10(9)12(15)16/h4-8H,1-3H3/b11-8+. The van der Waals surface area contributed by atoms with Crippen molar-refractivity contribution in [1.29, 1.82) is 0 Å². The largest absolute Gasteiger partial charge is 0.302 e. The first kappa shape index (κ1) is 11.6. The number of fused-ring (bicyclic) bond motifs is 1. The molecule has 0 saturated carbocycles. The van der Waals surface area contributed by atoms with Crippen LogP contribution in [0.1, 0.15) is 36.7 Å². The monoisotopic (exact) mass is 327 g/mol. The Labute approximate surface area is 109 Å². The molecular formula is C13H14INO. The molecule has 3 heteroatoms. The Kier molecular flexibility index (Phi) is 2.82. The third kappa shape index (κ3) is 1.67. The molecule has 1 aliphatic heterocycles. The highest BCUT2D eigenvalue weighted by atomic mass is 127. The number of benzene rings is 1. The summed E-state index contributed by atoms with van der Waals surface area (Å²) < 4.78 is 1.98. The number of carbonyl (C=O) groups is 1. The van der Waals surface area contributed by atoms with Gasteiger partial charge >= 0.3 is 0 Å². The number of carbonyl (C=O) groups excluding carboxylic acids is 1. The van der Waals surface area contributed by atoms with E-state index in [1.165, 1.54) is 0 Å². The van der Waals surface area contributed by atoms with Gasteiger partial charge < -0.3 is 4.90 Å². The highest BCUT2D eigenvalue weighted by Crippen LogP contribution is 2.38. The van der Waals surface area contributed by atoms with Gasteiger partial charge in [-0.3, -0.25) is 4.79 Å². The van der Waals surface area contributed by atoms with Crippen LogP contribution in [0.5, 0.6) is 0 Å². The van der Waals surface area contributed by atoms with Gasteiger partial charge in [0.1, 0.15) is 0 Å². The summed E-state index contributed by atoms with van der Waals surface area (Å²) in [5, 5.41) is 0. The van der Waals surface area contributed by atoms with E-state index in [1.54, 1.807) is 0 Å². The molecule has 1 aromatic rings. The van der Waals surface area contributed by atoms with Gasteiger partial charge in [-0.1, -0.05) is 40.8 Å². The maximum Gasteiger partial charge on any atom is 0.259 e. The molecule has 0 aromatic heterocycles. The van der Waals surface area contributed by atoms with Gasteiger partial charge in [-0.15, -0.1) is 0 Å². The van der Waals surface area contributed by atoms with E-state index in [4.69, 9.17) is 0 Å². The fourth-order valence-corrected chi connectivity index (χ4v) is 2.63. The molecule has 1 amide bonds. The van der Waals surface area contributed by atoms with Gasteiger partial charge in [-0.2, -0.15) is 0 Å². The van der Waals surface area contributed by atoms with Crippen molar-refractivity contribution >= 4 is 34.2 Å². The summed E-state index contributed by atoms with van der Waals surface area (Å²) >= 11 is 2.20. The Bertz CT molecular complexity index is 471. The molecule has 84 valence electrons. The maximum absolute atomic E-state index is 12.3. The van der Waals surface area contributed by atoms with Gasteiger partial charge in [0.25, 0.3) is 5.91 Å². The third-order valence-electron chi connectivity index (χ3n) is 2.65. The van der Waals surface area contributed by atoms with E-state index in [2.05, 4.69) is 43.4 Å². The number of halogens is 1. The van der Waals surface area contributed by atoms with Crippen molar-refractivity contribution in [3.63, 3.8) is 0 Å². The van der Waals surface area contributed by atoms with E-state index in [9.17, 15) is 4.79 Å². The normalized spacial score (nSPS) is 18.1. The van der Waals surface area contributed by atoms with Crippen LogP contribution < -0.4 is 0 Å². The second kappa shape index (κ2) is 3.87. The predicted octanol–water partition coefficient (Wildman–Crippen LogP) is 3.67. The first-order chi connectivity index (χ1) is 7.46. The minimum Gasteiger partial charge on any atom is -0.302 e. The lowest BCUT2D eigenvalue weighted by molar-refractivity contribution is 0.0749. The molecule has 0 unspecified atom stereocenters. The number of amides is 1. The van der Waals surface area contributed by atoms with Gasteiger partial charge in [0.05, 0.1) is 5.70 Å². The van der Waals surface area contributed by atoms with E-state index in [-0.39, 0.29) is 11.4 Å². The Morgan fingerprint density at radius 1 is 1.19 bits per heavy atom. The van der Waals surface area contributed by atoms with Crippen LogP contribution in [0.3, 0.4) is 0 Å². The van der Waals surface area contributed by atoms with Crippen molar-refractivity contribution in [3.8, 4) is 0 Å². The fourth-order valence-electron chi connectivity index (χ4n) is 2.02. The molecule has 0 fully saturated rings. The molecule has 1 heterocycles. The fraction of sp³-hybridized carbons (Fsp3) is 0.308. The molecule has 1 aromatic carbocycles.